The fraction of sp³-hybridized carbons (Fsp3) is 0.650. The van der Waals surface area contributed by atoms with Crippen molar-refractivity contribution in [2.75, 3.05) is 6.61 Å². The highest BCUT2D eigenvalue weighted by Crippen LogP contribution is 2.36. The summed E-state index contributed by atoms with van der Waals surface area (Å²) in [5.41, 5.74) is 0.518. The molecule has 0 fully saturated rings. The van der Waals surface area contributed by atoms with E-state index in [2.05, 4.69) is 55.1 Å². The van der Waals surface area contributed by atoms with E-state index in [9.17, 15) is 4.79 Å². The highest BCUT2D eigenvalue weighted by molar-refractivity contribution is 9.10. The molecule has 0 bridgehead atoms. The number of nitrogens with one attached hydrogen (secondary N) is 1. The Kier molecular flexibility index (Phi) is 7.93. The Hall–Kier alpha value is -0.853. The molecule has 26 heavy (non-hydrogen) atoms. The van der Waals surface area contributed by atoms with E-state index >= 15 is 0 Å². The van der Waals surface area contributed by atoms with Crippen molar-refractivity contribution in [3.05, 3.63) is 34.3 Å². The molecular weight excluding hydrogens is 410 g/mol. The third-order valence-electron chi connectivity index (χ3n) is 4.64. The summed E-state index contributed by atoms with van der Waals surface area (Å²) in [6.07, 6.45) is 0.297. The molecule has 1 aromatic rings. The Morgan fingerprint density at radius 1 is 1.12 bits per heavy atom. The van der Waals surface area contributed by atoms with Gasteiger partial charge in [-0.05, 0) is 63.0 Å². The van der Waals surface area contributed by atoms with Gasteiger partial charge in [-0.15, -0.1) is 0 Å². The smallest absolute Gasteiger partial charge is 0.408 e. The van der Waals surface area contributed by atoms with Gasteiger partial charge in [0.05, 0.1) is 6.04 Å². The number of carbonyl (C=O) groups is 1. The Morgan fingerprint density at radius 2 is 1.65 bits per heavy atom. The molecule has 0 saturated carbocycles. The molecule has 1 atom stereocenters. The molecule has 1 rings (SSSR count). The normalized spacial score (nSPS) is 14.0. The van der Waals surface area contributed by atoms with Crippen molar-refractivity contribution >= 4 is 30.3 Å². The summed E-state index contributed by atoms with van der Waals surface area (Å²) in [6, 6.07) is 7.83. The predicted molar refractivity (Wildman–Crippen MR) is 114 cm³/mol. The van der Waals surface area contributed by atoms with E-state index in [1.807, 2.05) is 45.0 Å². The maximum absolute atomic E-state index is 12.3. The molecule has 0 aliphatic heterocycles. The van der Waals surface area contributed by atoms with Gasteiger partial charge in [-0.1, -0.05) is 48.8 Å². The van der Waals surface area contributed by atoms with E-state index in [1.54, 1.807) is 0 Å². The number of hydrogen-bond donors (Lipinski definition) is 1. The van der Waals surface area contributed by atoms with E-state index < -0.39 is 20.0 Å². The zero-order valence-corrected chi connectivity index (χ0v) is 20.0. The van der Waals surface area contributed by atoms with Crippen LogP contribution in [-0.2, 0) is 9.16 Å². The number of benzene rings is 1. The van der Waals surface area contributed by atoms with Gasteiger partial charge in [0, 0.05) is 11.1 Å². The minimum absolute atomic E-state index is 0.150. The van der Waals surface area contributed by atoms with Crippen LogP contribution in [0.3, 0.4) is 0 Å². The van der Waals surface area contributed by atoms with Crippen LogP contribution in [0.2, 0.25) is 18.1 Å². The SMILES string of the molecule is CC(C)(C)OC(=O)N[C@@H](CCO[Si](C)(C)C(C)(C)C)c1ccc(Br)cc1. The van der Waals surface area contributed by atoms with Crippen LogP contribution in [0.15, 0.2) is 28.7 Å². The minimum Gasteiger partial charge on any atom is -0.444 e. The molecule has 0 spiro atoms. The molecule has 0 aliphatic rings. The summed E-state index contributed by atoms with van der Waals surface area (Å²) in [4.78, 5) is 12.3. The topological polar surface area (TPSA) is 47.6 Å². The molecule has 1 amide bonds. The molecule has 0 heterocycles. The maximum atomic E-state index is 12.3. The zero-order chi connectivity index (χ0) is 20.2. The Balaban J connectivity index is 2.82. The molecular formula is C20H34BrNO3Si. The van der Waals surface area contributed by atoms with Gasteiger partial charge >= 0.3 is 6.09 Å². The Bertz CT molecular complexity index is 589. The van der Waals surface area contributed by atoms with E-state index in [0.29, 0.717) is 13.0 Å². The molecule has 0 aliphatic carbocycles. The fourth-order valence-corrected chi connectivity index (χ4v) is 3.44. The van der Waals surface area contributed by atoms with Crippen LogP contribution in [0, 0.1) is 0 Å². The second kappa shape index (κ2) is 8.89. The van der Waals surface area contributed by atoms with Crippen molar-refractivity contribution in [2.45, 2.75) is 77.7 Å². The first-order valence-corrected chi connectivity index (χ1v) is 12.8. The van der Waals surface area contributed by atoms with Crippen LogP contribution in [0.25, 0.3) is 0 Å². The lowest BCUT2D eigenvalue weighted by atomic mass is 10.0. The van der Waals surface area contributed by atoms with Gasteiger partial charge in [0.2, 0.25) is 0 Å². The molecule has 148 valence electrons. The van der Waals surface area contributed by atoms with Crippen molar-refractivity contribution in [1.29, 1.82) is 0 Å². The molecule has 0 unspecified atom stereocenters. The van der Waals surface area contributed by atoms with E-state index in [4.69, 9.17) is 9.16 Å². The van der Waals surface area contributed by atoms with Crippen molar-refractivity contribution < 1.29 is 14.0 Å². The number of ether oxygens (including phenoxy) is 1. The van der Waals surface area contributed by atoms with Crippen LogP contribution in [0.1, 0.15) is 59.6 Å². The minimum atomic E-state index is -1.81. The second-order valence-electron chi connectivity index (χ2n) is 9.15. The van der Waals surface area contributed by atoms with Crippen LogP contribution in [-0.4, -0.2) is 26.6 Å². The summed E-state index contributed by atoms with van der Waals surface area (Å²) in [5.74, 6) is 0. The highest BCUT2D eigenvalue weighted by atomic mass is 79.9. The van der Waals surface area contributed by atoms with Gasteiger partial charge in [-0.2, -0.15) is 0 Å². The van der Waals surface area contributed by atoms with E-state index in [0.717, 1.165) is 10.0 Å². The van der Waals surface area contributed by atoms with Crippen molar-refractivity contribution in [1.82, 2.24) is 5.32 Å². The van der Waals surface area contributed by atoms with E-state index in [1.165, 1.54) is 0 Å². The van der Waals surface area contributed by atoms with Gasteiger partial charge in [0.25, 0.3) is 0 Å². The summed E-state index contributed by atoms with van der Waals surface area (Å²) < 4.78 is 12.7. The van der Waals surface area contributed by atoms with Gasteiger partial charge in [0.1, 0.15) is 5.60 Å². The first kappa shape index (κ1) is 23.2. The van der Waals surface area contributed by atoms with Crippen LogP contribution in [0.5, 0.6) is 0 Å². The van der Waals surface area contributed by atoms with Gasteiger partial charge in [-0.3, -0.25) is 0 Å². The van der Waals surface area contributed by atoms with Crippen molar-refractivity contribution in [3.8, 4) is 0 Å². The number of alkyl carbamates (subject to hydrolysis) is 1. The molecule has 1 N–H and O–H groups in total. The Labute approximate surface area is 168 Å². The first-order chi connectivity index (χ1) is 11.7. The van der Waals surface area contributed by atoms with Crippen LogP contribution < -0.4 is 5.32 Å². The Morgan fingerprint density at radius 3 is 2.12 bits per heavy atom. The van der Waals surface area contributed by atoms with Gasteiger partial charge < -0.3 is 14.5 Å². The van der Waals surface area contributed by atoms with Crippen molar-refractivity contribution in [2.24, 2.45) is 0 Å². The lowest BCUT2D eigenvalue weighted by Crippen LogP contribution is -2.41. The number of carbonyl (C=O) groups excluding carboxylic acids is 1. The van der Waals surface area contributed by atoms with Gasteiger partial charge in [0.15, 0.2) is 8.32 Å². The largest absolute Gasteiger partial charge is 0.444 e. The standard InChI is InChI=1S/C20H34BrNO3Si/c1-19(2,3)25-18(23)22-17(15-9-11-16(21)12-10-15)13-14-24-26(7,8)20(4,5)6/h9-12,17H,13-14H2,1-8H3,(H,22,23)/t17-/m0/s1. The fourth-order valence-electron chi connectivity index (χ4n) is 2.12. The molecule has 0 radical (unpaired) electrons. The highest BCUT2D eigenvalue weighted by Gasteiger charge is 2.37. The third-order valence-corrected chi connectivity index (χ3v) is 9.71. The average molecular weight is 444 g/mol. The molecule has 1 aromatic carbocycles. The predicted octanol–water partition coefficient (Wildman–Crippen LogP) is 6.43. The van der Waals surface area contributed by atoms with Gasteiger partial charge in [-0.25, -0.2) is 4.79 Å². The second-order valence-corrected chi connectivity index (χ2v) is 14.9. The molecule has 4 nitrogen and oxygen atoms in total. The lowest BCUT2D eigenvalue weighted by molar-refractivity contribution is 0.0497. The quantitative estimate of drug-likeness (QED) is 0.515. The number of halogens is 1. The third kappa shape index (κ3) is 7.80. The maximum Gasteiger partial charge on any atom is 0.408 e. The molecule has 0 saturated heterocycles. The summed E-state index contributed by atoms with van der Waals surface area (Å²) in [6.45, 7) is 17.4. The van der Waals surface area contributed by atoms with E-state index in [-0.39, 0.29) is 11.1 Å². The molecule has 6 heteroatoms. The average Bonchev–Trinajstić information content (AvgIpc) is 2.43. The summed E-state index contributed by atoms with van der Waals surface area (Å²) in [5, 5.41) is 3.16. The lowest BCUT2D eigenvalue weighted by Gasteiger charge is -2.36. The van der Waals surface area contributed by atoms with Crippen LogP contribution >= 0.6 is 15.9 Å². The van der Waals surface area contributed by atoms with Crippen LogP contribution in [0.4, 0.5) is 4.79 Å². The number of hydrogen-bond acceptors (Lipinski definition) is 3. The van der Waals surface area contributed by atoms with Crippen molar-refractivity contribution in [3.63, 3.8) is 0 Å². The summed E-state index contributed by atoms with van der Waals surface area (Å²) in [7, 11) is -1.81. The number of amides is 1. The zero-order valence-electron chi connectivity index (χ0n) is 17.4. The molecule has 0 aromatic heterocycles. The first-order valence-electron chi connectivity index (χ1n) is 9.10. The summed E-state index contributed by atoms with van der Waals surface area (Å²) >= 11 is 3.45. The number of rotatable bonds is 6. The monoisotopic (exact) mass is 443 g/mol.